The van der Waals surface area contributed by atoms with E-state index in [0.29, 0.717) is 6.42 Å². The summed E-state index contributed by atoms with van der Waals surface area (Å²) in [5, 5.41) is -0.435. The number of alkyl halides is 6. The van der Waals surface area contributed by atoms with Gasteiger partial charge in [0.05, 0.1) is 5.38 Å². The topological polar surface area (TPSA) is 0 Å². The van der Waals surface area contributed by atoms with Crippen LogP contribution in [-0.2, 0) is 0 Å². The molecule has 7 heteroatoms. The van der Waals surface area contributed by atoms with Crippen LogP contribution in [0.3, 0.4) is 0 Å². The quantitative estimate of drug-likeness (QED) is 0.552. The summed E-state index contributed by atoms with van der Waals surface area (Å²) in [6.45, 7) is 0. The monoisotopic (exact) mass is 374 g/mol. The highest BCUT2D eigenvalue weighted by Crippen LogP contribution is 2.70. The van der Waals surface area contributed by atoms with Crippen LogP contribution in [0.2, 0.25) is 0 Å². The van der Waals surface area contributed by atoms with E-state index in [2.05, 4.69) is 0 Å². The maximum atomic E-state index is 6.32. The molecule has 0 heterocycles. The molecule has 2 aliphatic carbocycles. The van der Waals surface area contributed by atoms with E-state index >= 15 is 0 Å². The average molecular weight is 377 g/mol. The fraction of sp³-hybridized carbons (Fsp3) is 0.800. The molecule has 2 rings (SSSR count). The molecule has 2 bridgehead atoms. The number of hydrogen-bond donors (Lipinski definition) is 0. The van der Waals surface area contributed by atoms with Gasteiger partial charge in [0, 0.05) is 22.7 Å². The maximum Gasteiger partial charge on any atom is 0.141 e. The number of halogens is 7. The largest absolute Gasteiger partial charge is 0.141 e. The van der Waals surface area contributed by atoms with Crippen molar-refractivity contribution in [3.05, 3.63) is 11.1 Å². The first-order valence-electron chi connectivity index (χ1n) is 5.00. The summed E-state index contributed by atoms with van der Waals surface area (Å²) in [6.07, 6.45) is 0.711. The Labute approximate surface area is 135 Å². The standard InChI is InChI=1S/C10H9Cl7/c11-2-6-4-1-5(7(13)10(4,16)17)9(6,3-12)8(14)15/h2,4-5,7-8H,1,3H2/b6-2+/t4-,5-,7+,9-/m1/s1. The third kappa shape index (κ3) is 1.86. The fourth-order valence-corrected chi connectivity index (χ4v) is 5.98. The van der Waals surface area contributed by atoms with Crippen molar-refractivity contribution in [1.82, 2.24) is 0 Å². The molecule has 0 aromatic rings. The lowest BCUT2D eigenvalue weighted by Crippen LogP contribution is -2.49. The minimum Gasteiger partial charge on any atom is -0.126 e. The molecule has 0 radical (unpaired) electrons. The summed E-state index contributed by atoms with van der Waals surface area (Å²) in [5.74, 6) is 0.0403. The third-order valence-corrected chi connectivity index (χ3v) is 7.30. The van der Waals surface area contributed by atoms with Crippen LogP contribution in [0, 0.1) is 17.3 Å². The highest BCUT2D eigenvalue weighted by molar-refractivity contribution is 6.53. The van der Waals surface area contributed by atoms with Gasteiger partial charge in [-0.15, -0.1) is 46.4 Å². The van der Waals surface area contributed by atoms with E-state index in [1.54, 1.807) is 0 Å². The highest BCUT2D eigenvalue weighted by atomic mass is 35.5. The third-order valence-electron chi connectivity index (χ3n) is 3.98. The van der Waals surface area contributed by atoms with E-state index < -0.39 is 20.0 Å². The van der Waals surface area contributed by atoms with Gasteiger partial charge in [-0.25, -0.2) is 0 Å². The van der Waals surface area contributed by atoms with Crippen molar-refractivity contribution in [2.24, 2.45) is 17.3 Å². The highest BCUT2D eigenvalue weighted by Gasteiger charge is 2.69. The van der Waals surface area contributed by atoms with E-state index in [0.717, 1.165) is 5.57 Å². The van der Waals surface area contributed by atoms with Gasteiger partial charge in [0.2, 0.25) is 0 Å². The maximum absolute atomic E-state index is 6.32. The van der Waals surface area contributed by atoms with Crippen LogP contribution >= 0.6 is 81.2 Å². The van der Waals surface area contributed by atoms with Crippen molar-refractivity contribution in [3.8, 4) is 0 Å². The molecule has 0 aliphatic heterocycles. The van der Waals surface area contributed by atoms with Gasteiger partial charge >= 0.3 is 0 Å². The Kier molecular flexibility index (Phi) is 4.42. The second-order valence-corrected chi connectivity index (χ2v) is 8.01. The van der Waals surface area contributed by atoms with E-state index in [1.807, 2.05) is 0 Å². The molecular formula is C10H9Cl7. The lowest BCUT2D eigenvalue weighted by Gasteiger charge is -2.45. The summed E-state index contributed by atoms with van der Waals surface area (Å²) in [4.78, 5) is -0.689. The van der Waals surface area contributed by atoms with E-state index in [4.69, 9.17) is 81.2 Å². The van der Waals surface area contributed by atoms with Crippen molar-refractivity contribution >= 4 is 81.2 Å². The van der Waals surface area contributed by atoms with Gasteiger partial charge in [0.1, 0.15) is 9.17 Å². The number of fused-ring (bicyclic) bond motifs is 2. The van der Waals surface area contributed by atoms with Gasteiger partial charge in [0.25, 0.3) is 0 Å². The molecule has 0 nitrogen and oxygen atoms in total. The zero-order valence-electron chi connectivity index (χ0n) is 8.45. The number of allylic oxidation sites excluding steroid dienone is 1. The van der Waals surface area contributed by atoms with Gasteiger partial charge < -0.3 is 0 Å². The first kappa shape index (κ1) is 15.2. The summed E-state index contributed by atoms with van der Waals surface area (Å²) >= 11 is 43.0. The van der Waals surface area contributed by atoms with Crippen LogP contribution in [-0.4, -0.2) is 20.4 Å². The molecule has 4 atom stereocenters. The van der Waals surface area contributed by atoms with Crippen molar-refractivity contribution in [1.29, 1.82) is 0 Å². The van der Waals surface area contributed by atoms with Crippen molar-refractivity contribution in [2.75, 3.05) is 5.88 Å². The van der Waals surface area contributed by atoms with Gasteiger partial charge in [-0.2, -0.15) is 0 Å². The lowest BCUT2D eigenvalue weighted by atomic mass is 9.72. The summed E-state index contributed by atoms with van der Waals surface area (Å²) in [5.41, 5.74) is 1.64. The summed E-state index contributed by atoms with van der Waals surface area (Å²) < 4.78 is -1.04. The number of hydrogen-bond acceptors (Lipinski definition) is 0. The molecule has 0 amide bonds. The predicted octanol–water partition coefficient (Wildman–Crippen LogP) is 5.57. The van der Waals surface area contributed by atoms with Crippen molar-refractivity contribution in [2.45, 2.75) is 21.0 Å². The molecule has 0 spiro atoms. The second-order valence-electron chi connectivity index (χ2n) is 4.51. The van der Waals surface area contributed by atoms with Gasteiger partial charge in [-0.05, 0) is 17.9 Å². The Morgan fingerprint density at radius 2 is 1.94 bits per heavy atom. The van der Waals surface area contributed by atoms with E-state index in [-0.39, 0.29) is 17.7 Å². The van der Waals surface area contributed by atoms with Gasteiger partial charge in [-0.1, -0.05) is 34.8 Å². The van der Waals surface area contributed by atoms with Gasteiger partial charge in [-0.3, -0.25) is 0 Å². The van der Waals surface area contributed by atoms with Crippen LogP contribution in [0.1, 0.15) is 6.42 Å². The molecule has 98 valence electrons. The minimum atomic E-state index is -1.04. The zero-order valence-corrected chi connectivity index (χ0v) is 13.7. The van der Waals surface area contributed by atoms with E-state index in [9.17, 15) is 0 Å². The fourth-order valence-electron chi connectivity index (χ4n) is 3.04. The molecule has 2 saturated carbocycles. The van der Waals surface area contributed by atoms with E-state index in [1.165, 1.54) is 5.54 Å². The molecule has 17 heavy (non-hydrogen) atoms. The Hall–Kier alpha value is 1.77. The van der Waals surface area contributed by atoms with Crippen LogP contribution in [0.5, 0.6) is 0 Å². The molecule has 0 aromatic heterocycles. The number of rotatable bonds is 2. The van der Waals surface area contributed by atoms with Crippen molar-refractivity contribution in [3.63, 3.8) is 0 Å². The van der Waals surface area contributed by atoms with Crippen LogP contribution in [0.15, 0.2) is 11.1 Å². The Morgan fingerprint density at radius 3 is 2.35 bits per heavy atom. The first-order chi connectivity index (χ1) is 7.83. The first-order valence-corrected chi connectivity index (χ1v) is 8.04. The molecule has 2 aliphatic rings. The summed E-state index contributed by atoms with van der Waals surface area (Å²) in [7, 11) is 0. The molecule has 0 saturated heterocycles. The Morgan fingerprint density at radius 1 is 1.35 bits per heavy atom. The average Bonchev–Trinajstić information content (AvgIpc) is 2.72. The predicted molar refractivity (Wildman–Crippen MR) is 78.3 cm³/mol. The minimum absolute atomic E-state index is 0.0633. The lowest BCUT2D eigenvalue weighted by molar-refractivity contribution is 0.283. The molecule has 0 unspecified atom stereocenters. The normalized spacial score (nSPS) is 46.1. The van der Waals surface area contributed by atoms with Crippen LogP contribution < -0.4 is 0 Å². The SMILES string of the molecule is Cl/C=C1\[C@H]2C[C@H]([C@H](Cl)C2(Cl)Cl)[C@@]1(CCl)C(Cl)Cl. The molecule has 2 fully saturated rings. The zero-order chi connectivity index (χ0) is 13.0. The smallest absolute Gasteiger partial charge is 0.126 e. The second kappa shape index (κ2) is 4.95. The van der Waals surface area contributed by atoms with Crippen LogP contribution in [0.25, 0.3) is 0 Å². The van der Waals surface area contributed by atoms with Crippen LogP contribution in [0.4, 0.5) is 0 Å². The Balaban J connectivity index is 2.53. The van der Waals surface area contributed by atoms with Crippen molar-refractivity contribution < 1.29 is 0 Å². The summed E-state index contributed by atoms with van der Waals surface area (Å²) in [6, 6.07) is 0. The molecule has 0 aromatic carbocycles. The Bertz CT molecular complexity index is 351. The molecule has 0 N–H and O–H groups in total. The van der Waals surface area contributed by atoms with Gasteiger partial charge in [0.15, 0.2) is 0 Å². The molecular weight excluding hydrogens is 368 g/mol.